The van der Waals surface area contributed by atoms with Crippen molar-refractivity contribution in [2.45, 2.75) is 36.9 Å². The zero-order valence-corrected chi connectivity index (χ0v) is 14.5. The monoisotopic (exact) mass is 351 g/mol. The van der Waals surface area contributed by atoms with Gasteiger partial charge in [-0.25, -0.2) is 9.97 Å². The molecule has 1 aromatic carbocycles. The number of halogens is 1. The van der Waals surface area contributed by atoms with Crippen LogP contribution in [0.15, 0.2) is 38.8 Å². The number of hydrogen-bond acceptors (Lipinski definition) is 4. The van der Waals surface area contributed by atoms with E-state index in [-0.39, 0.29) is 6.04 Å². The molecule has 1 atom stereocenters. The van der Waals surface area contributed by atoms with E-state index in [4.69, 9.17) is 0 Å². The summed E-state index contributed by atoms with van der Waals surface area (Å²) in [5.41, 5.74) is 3.25. The maximum absolute atomic E-state index is 4.50. The number of aryl methyl sites for hydroxylation is 2. The predicted octanol–water partition coefficient (Wildman–Crippen LogP) is 4.29. The van der Waals surface area contributed by atoms with Crippen LogP contribution in [-0.2, 0) is 0 Å². The standard InChI is InChI=1S/C15H18BrN3S/c1-9-7-10(2)19-15(18-9)20-14-8-12(16)5-6-13(14)11(3)17-4/h5-8,11,17H,1-4H3. The lowest BCUT2D eigenvalue weighted by molar-refractivity contribution is 0.641. The number of benzene rings is 1. The Kier molecular flexibility index (Phi) is 5.18. The normalized spacial score (nSPS) is 12.4. The van der Waals surface area contributed by atoms with Crippen LogP contribution in [0.4, 0.5) is 0 Å². The molecule has 0 aliphatic rings. The molecule has 20 heavy (non-hydrogen) atoms. The summed E-state index contributed by atoms with van der Waals surface area (Å²) in [5.74, 6) is 0. The molecule has 1 unspecified atom stereocenters. The van der Waals surface area contributed by atoms with E-state index in [2.05, 4.69) is 56.3 Å². The largest absolute Gasteiger partial charge is 0.313 e. The van der Waals surface area contributed by atoms with Gasteiger partial charge in [0.2, 0.25) is 0 Å². The van der Waals surface area contributed by atoms with Crippen LogP contribution in [0.5, 0.6) is 0 Å². The molecule has 0 spiro atoms. The zero-order valence-electron chi connectivity index (χ0n) is 12.1. The molecule has 0 fully saturated rings. The van der Waals surface area contributed by atoms with Gasteiger partial charge in [-0.2, -0.15) is 0 Å². The fourth-order valence-corrected chi connectivity index (χ4v) is 3.58. The summed E-state index contributed by atoms with van der Waals surface area (Å²) in [4.78, 5) is 10.2. The second-order valence-corrected chi connectivity index (χ2v) is 6.65. The molecule has 1 aromatic heterocycles. The highest BCUT2D eigenvalue weighted by Crippen LogP contribution is 2.33. The first-order valence-corrected chi connectivity index (χ1v) is 8.07. The second-order valence-electron chi connectivity index (χ2n) is 4.73. The number of nitrogens with one attached hydrogen (secondary N) is 1. The third-order valence-electron chi connectivity index (χ3n) is 3.04. The van der Waals surface area contributed by atoms with Crippen LogP contribution in [-0.4, -0.2) is 17.0 Å². The predicted molar refractivity (Wildman–Crippen MR) is 87.2 cm³/mol. The summed E-state index contributed by atoms with van der Waals surface area (Å²) in [6.45, 7) is 6.14. The molecule has 0 radical (unpaired) electrons. The third kappa shape index (κ3) is 3.81. The average molecular weight is 352 g/mol. The van der Waals surface area contributed by atoms with Crippen molar-refractivity contribution in [2.24, 2.45) is 0 Å². The lowest BCUT2D eigenvalue weighted by Crippen LogP contribution is -2.13. The summed E-state index contributed by atoms with van der Waals surface area (Å²) >= 11 is 5.14. The molecule has 0 aliphatic heterocycles. The summed E-state index contributed by atoms with van der Waals surface area (Å²) < 4.78 is 1.07. The smallest absolute Gasteiger partial charge is 0.192 e. The summed E-state index contributed by atoms with van der Waals surface area (Å²) in [6.07, 6.45) is 0. The van der Waals surface area contributed by atoms with Crippen LogP contribution in [0.1, 0.15) is 29.9 Å². The highest BCUT2D eigenvalue weighted by molar-refractivity contribution is 9.10. The van der Waals surface area contributed by atoms with Gasteiger partial charge in [0.05, 0.1) is 0 Å². The Morgan fingerprint density at radius 3 is 2.40 bits per heavy atom. The minimum absolute atomic E-state index is 0.288. The van der Waals surface area contributed by atoms with E-state index in [0.717, 1.165) is 21.0 Å². The van der Waals surface area contributed by atoms with Crippen molar-refractivity contribution in [3.8, 4) is 0 Å². The lowest BCUT2D eigenvalue weighted by atomic mass is 10.1. The van der Waals surface area contributed by atoms with Gasteiger partial charge < -0.3 is 5.32 Å². The van der Waals surface area contributed by atoms with Crippen LogP contribution in [0, 0.1) is 13.8 Å². The molecule has 2 aromatic rings. The molecule has 1 N–H and O–H groups in total. The Bertz CT molecular complexity index is 596. The van der Waals surface area contributed by atoms with E-state index >= 15 is 0 Å². The van der Waals surface area contributed by atoms with Crippen molar-refractivity contribution in [2.75, 3.05) is 7.05 Å². The van der Waals surface area contributed by atoms with Crippen LogP contribution in [0.2, 0.25) is 0 Å². The van der Waals surface area contributed by atoms with Crippen molar-refractivity contribution in [3.05, 3.63) is 45.7 Å². The molecular formula is C15H18BrN3S. The number of rotatable bonds is 4. The highest BCUT2D eigenvalue weighted by Gasteiger charge is 2.12. The van der Waals surface area contributed by atoms with Crippen molar-refractivity contribution < 1.29 is 0 Å². The van der Waals surface area contributed by atoms with E-state index in [9.17, 15) is 0 Å². The highest BCUT2D eigenvalue weighted by atomic mass is 79.9. The SMILES string of the molecule is CNC(C)c1ccc(Br)cc1Sc1nc(C)cc(C)n1. The van der Waals surface area contributed by atoms with Crippen molar-refractivity contribution in [3.63, 3.8) is 0 Å². The van der Waals surface area contributed by atoms with E-state index in [0.29, 0.717) is 0 Å². The molecule has 3 nitrogen and oxygen atoms in total. The minimum Gasteiger partial charge on any atom is -0.313 e. The summed E-state index contributed by atoms with van der Waals surface area (Å²) in [5, 5.41) is 4.08. The van der Waals surface area contributed by atoms with Crippen LogP contribution in [0.25, 0.3) is 0 Å². The molecule has 0 saturated carbocycles. The second kappa shape index (κ2) is 6.70. The first kappa shape index (κ1) is 15.5. The number of aromatic nitrogens is 2. The van der Waals surface area contributed by atoms with Gasteiger partial charge in [-0.1, -0.05) is 22.0 Å². The van der Waals surface area contributed by atoms with Crippen molar-refractivity contribution in [1.82, 2.24) is 15.3 Å². The van der Waals surface area contributed by atoms with E-state index < -0.39 is 0 Å². The van der Waals surface area contributed by atoms with E-state index in [1.807, 2.05) is 27.0 Å². The molecule has 0 saturated heterocycles. The fraction of sp³-hybridized carbons (Fsp3) is 0.333. The number of hydrogen-bond donors (Lipinski definition) is 1. The van der Waals surface area contributed by atoms with E-state index in [1.54, 1.807) is 11.8 Å². The van der Waals surface area contributed by atoms with Crippen molar-refractivity contribution >= 4 is 27.7 Å². The fourth-order valence-electron chi connectivity index (χ4n) is 1.95. The molecule has 106 valence electrons. The molecule has 0 bridgehead atoms. The molecule has 0 aliphatic carbocycles. The first-order valence-electron chi connectivity index (χ1n) is 6.46. The molecular weight excluding hydrogens is 334 g/mol. The molecule has 2 rings (SSSR count). The topological polar surface area (TPSA) is 37.8 Å². The third-order valence-corrected chi connectivity index (χ3v) is 4.47. The van der Waals surface area contributed by atoms with Crippen molar-refractivity contribution in [1.29, 1.82) is 0 Å². The van der Waals surface area contributed by atoms with Crippen LogP contribution >= 0.6 is 27.7 Å². The van der Waals surface area contributed by atoms with Gasteiger partial charge in [-0.05, 0) is 63.3 Å². The van der Waals surface area contributed by atoms with Gasteiger partial charge in [0.25, 0.3) is 0 Å². The quantitative estimate of drug-likeness (QED) is 0.833. The Morgan fingerprint density at radius 1 is 1.15 bits per heavy atom. The maximum Gasteiger partial charge on any atom is 0.192 e. The zero-order chi connectivity index (χ0) is 14.7. The van der Waals surface area contributed by atoms with Gasteiger partial charge in [-0.15, -0.1) is 0 Å². The first-order chi connectivity index (χ1) is 9.49. The average Bonchev–Trinajstić information content (AvgIpc) is 2.37. The van der Waals surface area contributed by atoms with Gasteiger partial charge >= 0.3 is 0 Å². The maximum atomic E-state index is 4.50. The molecule has 1 heterocycles. The molecule has 0 amide bonds. The molecule has 5 heteroatoms. The van der Waals surface area contributed by atoms with Gasteiger partial charge in [-0.3, -0.25) is 0 Å². The Morgan fingerprint density at radius 2 is 1.80 bits per heavy atom. The summed E-state index contributed by atoms with van der Waals surface area (Å²) in [7, 11) is 1.97. The Hall–Kier alpha value is -0.910. The van der Waals surface area contributed by atoms with E-state index in [1.165, 1.54) is 10.5 Å². The minimum atomic E-state index is 0.288. The Labute approximate surface area is 132 Å². The van der Waals surface area contributed by atoms with Crippen LogP contribution in [0.3, 0.4) is 0 Å². The lowest BCUT2D eigenvalue weighted by Gasteiger charge is -2.15. The number of nitrogens with zero attached hydrogens (tertiary/aromatic N) is 2. The van der Waals surface area contributed by atoms with Gasteiger partial charge in [0.1, 0.15) is 0 Å². The van der Waals surface area contributed by atoms with Gasteiger partial charge in [0, 0.05) is 26.8 Å². The van der Waals surface area contributed by atoms with Gasteiger partial charge in [0.15, 0.2) is 5.16 Å². The Balaban J connectivity index is 2.39. The van der Waals surface area contributed by atoms with Crippen LogP contribution < -0.4 is 5.32 Å². The summed E-state index contributed by atoms with van der Waals surface area (Å²) in [6, 6.07) is 8.60.